The molecule has 58 heavy (non-hydrogen) atoms. The van der Waals surface area contributed by atoms with E-state index in [9.17, 15) is 0 Å². The van der Waals surface area contributed by atoms with E-state index in [0.717, 1.165) is 50.2 Å². The van der Waals surface area contributed by atoms with Crippen LogP contribution in [0.25, 0.3) is 69.9 Å². The Morgan fingerprint density at radius 3 is 2.03 bits per heavy atom. The van der Waals surface area contributed by atoms with Gasteiger partial charge in [0.25, 0.3) is 0 Å². The van der Waals surface area contributed by atoms with Gasteiger partial charge in [0.15, 0.2) is 0 Å². The molecule has 2 atom stereocenters. The Bertz CT molecular complexity index is 3270. The van der Waals surface area contributed by atoms with Crippen LogP contribution in [0.1, 0.15) is 17.0 Å². The zero-order valence-corrected chi connectivity index (χ0v) is 32.2. The summed E-state index contributed by atoms with van der Waals surface area (Å²) in [4.78, 5) is 2.52. The first kappa shape index (κ1) is 33.0. The number of benzene rings is 8. The molecule has 3 heterocycles. The third-order valence-electron chi connectivity index (χ3n) is 11.8. The van der Waals surface area contributed by atoms with Crippen molar-refractivity contribution >= 4 is 70.4 Å². The summed E-state index contributed by atoms with van der Waals surface area (Å²) in [6.45, 7) is 0. The predicted molar refractivity (Wildman–Crippen MR) is 242 cm³/mol. The third kappa shape index (κ3) is 5.19. The molecular formula is C54H35NO2S. The highest BCUT2D eigenvalue weighted by Gasteiger charge is 2.42. The second-order valence-corrected chi connectivity index (χ2v) is 16.2. The largest absolute Gasteiger partial charge is 0.485 e. The number of allylic oxidation sites excluding steroid dienone is 2. The molecule has 10 aromatic rings. The number of thiophene rings is 1. The maximum absolute atomic E-state index is 6.77. The van der Waals surface area contributed by atoms with Gasteiger partial charge in [0.05, 0.1) is 11.6 Å². The van der Waals surface area contributed by atoms with Crippen LogP contribution in [0.4, 0.5) is 11.4 Å². The minimum Gasteiger partial charge on any atom is -0.485 e. The normalized spacial score (nSPS) is 15.9. The fourth-order valence-electron chi connectivity index (χ4n) is 9.22. The van der Waals surface area contributed by atoms with Crippen molar-refractivity contribution in [2.24, 2.45) is 0 Å². The number of fused-ring (bicyclic) bond motifs is 9. The number of anilines is 2. The number of hydrogen-bond donors (Lipinski definition) is 0. The van der Waals surface area contributed by atoms with Crippen LogP contribution < -0.4 is 9.64 Å². The van der Waals surface area contributed by atoms with Gasteiger partial charge in [-0.2, -0.15) is 0 Å². The van der Waals surface area contributed by atoms with Crippen molar-refractivity contribution in [1.29, 1.82) is 0 Å². The van der Waals surface area contributed by atoms with Crippen LogP contribution in [0.2, 0.25) is 0 Å². The standard InChI is InChI=1S/C54H35NO2S/c1-4-14-34(15-5-1)37-24-26-44-50(32-37)58-54-40(36-18-8-3-9-19-36)28-30-45(51(44)54)55(38-25-27-42-41-20-10-12-22-46(41)57-49(42)33-38)53-39(35-16-6-2-7-17-35)29-31-48-52(53)43-21-11-13-23-47(43)56-48/h1-33,48,52H. The van der Waals surface area contributed by atoms with Crippen LogP contribution in [-0.4, -0.2) is 6.10 Å². The second kappa shape index (κ2) is 13.2. The molecule has 12 rings (SSSR count). The van der Waals surface area contributed by atoms with E-state index in [0.29, 0.717) is 0 Å². The SMILES string of the molecule is C1=CC2Oc3ccccc3C2C(N(c2ccc3c(c2)oc2ccccc23)c2ccc(-c3ccccc3)c3sc4cc(-c5ccccc5)ccc4c23)=C1c1ccccc1. The third-order valence-corrected chi connectivity index (χ3v) is 13.0. The number of hydrogen-bond acceptors (Lipinski definition) is 4. The van der Waals surface area contributed by atoms with Crippen molar-refractivity contribution < 1.29 is 9.15 Å². The lowest BCUT2D eigenvalue weighted by atomic mass is 9.82. The zero-order valence-electron chi connectivity index (χ0n) is 31.4. The lowest BCUT2D eigenvalue weighted by molar-refractivity contribution is 0.264. The summed E-state index contributed by atoms with van der Waals surface area (Å²) < 4.78 is 15.9. The van der Waals surface area contributed by atoms with Gasteiger partial charge in [-0.15, -0.1) is 11.3 Å². The zero-order chi connectivity index (χ0) is 38.2. The van der Waals surface area contributed by atoms with E-state index >= 15 is 0 Å². The molecule has 2 aliphatic rings. The van der Waals surface area contributed by atoms with Crippen molar-refractivity contribution in [3.05, 3.63) is 217 Å². The van der Waals surface area contributed by atoms with Crippen LogP contribution in [0.3, 0.4) is 0 Å². The predicted octanol–water partition coefficient (Wildman–Crippen LogP) is 15.0. The highest BCUT2D eigenvalue weighted by Crippen LogP contribution is 2.55. The molecule has 2 unspecified atom stereocenters. The van der Waals surface area contributed by atoms with Gasteiger partial charge in [0.2, 0.25) is 0 Å². The maximum Gasteiger partial charge on any atom is 0.137 e. The van der Waals surface area contributed by atoms with Crippen LogP contribution in [0, 0.1) is 0 Å². The minimum absolute atomic E-state index is 0.0683. The fourth-order valence-corrected chi connectivity index (χ4v) is 10.5. The molecule has 4 heteroatoms. The van der Waals surface area contributed by atoms with Gasteiger partial charge in [-0.1, -0.05) is 152 Å². The molecule has 1 aliphatic heterocycles. The molecule has 0 bridgehead atoms. The van der Waals surface area contributed by atoms with E-state index in [1.807, 2.05) is 17.4 Å². The Morgan fingerprint density at radius 2 is 1.21 bits per heavy atom. The summed E-state index contributed by atoms with van der Waals surface area (Å²) in [5.74, 6) is 0.863. The average molecular weight is 762 g/mol. The molecule has 3 nitrogen and oxygen atoms in total. The van der Waals surface area contributed by atoms with Gasteiger partial charge in [-0.25, -0.2) is 0 Å². The topological polar surface area (TPSA) is 25.6 Å². The molecule has 1 aliphatic carbocycles. The first-order valence-electron chi connectivity index (χ1n) is 19.8. The molecule has 274 valence electrons. The molecule has 0 N–H and O–H groups in total. The number of nitrogens with zero attached hydrogens (tertiary/aromatic N) is 1. The summed E-state index contributed by atoms with van der Waals surface area (Å²) in [5, 5.41) is 4.68. The van der Waals surface area contributed by atoms with Gasteiger partial charge in [-0.3, -0.25) is 0 Å². The molecule has 0 saturated heterocycles. The fraction of sp³-hybridized carbons (Fsp3) is 0.0370. The van der Waals surface area contributed by atoms with Crippen LogP contribution >= 0.6 is 11.3 Å². The highest BCUT2D eigenvalue weighted by atomic mass is 32.1. The Labute approximate surface area is 340 Å². The highest BCUT2D eigenvalue weighted by molar-refractivity contribution is 7.26. The lowest BCUT2D eigenvalue weighted by Crippen LogP contribution is -2.30. The number of para-hydroxylation sites is 2. The van der Waals surface area contributed by atoms with E-state index < -0.39 is 0 Å². The van der Waals surface area contributed by atoms with E-state index in [1.165, 1.54) is 53.7 Å². The molecule has 8 aromatic carbocycles. The molecule has 2 aromatic heterocycles. The van der Waals surface area contributed by atoms with Gasteiger partial charge in [0, 0.05) is 59.5 Å². The molecule has 0 fully saturated rings. The van der Waals surface area contributed by atoms with E-state index in [1.54, 1.807) is 0 Å². The van der Waals surface area contributed by atoms with E-state index in [2.05, 4.69) is 199 Å². The summed E-state index contributed by atoms with van der Waals surface area (Å²) in [6, 6.07) is 67.5. The number of rotatable bonds is 6. The molecule has 0 amide bonds. The van der Waals surface area contributed by atoms with Crippen molar-refractivity contribution in [1.82, 2.24) is 0 Å². The van der Waals surface area contributed by atoms with E-state index in [-0.39, 0.29) is 12.0 Å². The Balaban J connectivity index is 1.20. The first-order valence-corrected chi connectivity index (χ1v) is 20.6. The van der Waals surface area contributed by atoms with Crippen molar-refractivity contribution in [2.75, 3.05) is 4.90 Å². The van der Waals surface area contributed by atoms with Crippen LogP contribution in [-0.2, 0) is 0 Å². The van der Waals surface area contributed by atoms with Gasteiger partial charge in [0.1, 0.15) is 23.0 Å². The molecule has 0 saturated carbocycles. The summed E-state index contributed by atoms with van der Waals surface area (Å²) in [5.41, 5.74) is 13.4. The van der Waals surface area contributed by atoms with Gasteiger partial charge < -0.3 is 14.1 Å². The molecular weight excluding hydrogens is 727 g/mol. The molecule has 0 radical (unpaired) electrons. The van der Waals surface area contributed by atoms with Crippen LogP contribution in [0.5, 0.6) is 5.75 Å². The first-order chi connectivity index (χ1) is 28.8. The Hall–Kier alpha value is -7.14. The van der Waals surface area contributed by atoms with Crippen LogP contribution in [0.15, 0.2) is 210 Å². The number of ether oxygens (including phenoxy) is 1. The summed E-state index contributed by atoms with van der Waals surface area (Å²) >= 11 is 1.88. The maximum atomic E-state index is 6.77. The van der Waals surface area contributed by atoms with Crippen molar-refractivity contribution in [2.45, 2.75) is 12.0 Å². The monoisotopic (exact) mass is 761 g/mol. The second-order valence-electron chi connectivity index (χ2n) is 15.1. The van der Waals surface area contributed by atoms with E-state index in [4.69, 9.17) is 9.15 Å². The average Bonchev–Trinajstić information content (AvgIpc) is 3.99. The van der Waals surface area contributed by atoms with Gasteiger partial charge >= 0.3 is 0 Å². The Morgan fingerprint density at radius 1 is 0.517 bits per heavy atom. The number of furan rings is 1. The van der Waals surface area contributed by atoms with Crippen molar-refractivity contribution in [3.8, 4) is 28.0 Å². The van der Waals surface area contributed by atoms with Gasteiger partial charge in [-0.05, 0) is 70.3 Å². The Kier molecular flexibility index (Phi) is 7.54. The summed E-state index contributed by atoms with van der Waals surface area (Å²) in [6.07, 6.45) is 4.36. The summed E-state index contributed by atoms with van der Waals surface area (Å²) in [7, 11) is 0. The van der Waals surface area contributed by atoms with Crippen molar-refractivity contribution in [3.63, 3.8) is 0 Å². The quantitative estimate of drug-likeness (QED) is 0.169. The smallest absolute Gasteiger partial charge is 0.137 e. The molecule has 0 spiro atoms. The lowest BCUT2D eigenvalue weighted by Gasteiger charge is -2.37. The minimum atomic E-state index is -0.163.